The molecule has 0 saturated carbocycles. The lowest BCUT2D eigenvalue weighted by Gasteiger charge is -2.37. The summed E-state index contributed by atoms with van der Waals surface area (Å²) in [5.41, 5.74) is 1.94. The molecular formula is C26H38N4O6. The van der Waals surface area contributed by atoms with Gasteiger partial charge in [0.25, 0.3) is 5.91 Å². The van der Waals surface area contributed by atoms with Gasteiger partial charge in [-0.2, -0.15) is 0 Å². The van der Waals surface area contributed by atoms with Gasteiger partial charge in [0.1, 0.15) is 5.60 Å². The lowest BCUT2D eigenvalue weighted by atomic mass is 9.97. The summed E-state index contributed by atoms with van der Waals surface area (Å²) in [6, 6.07) is 5.49. The molecule has 10 heteroatoms. The topological polar surface area (TPSA) is 108 Å². The van der Waals surface area contributed by atoms with Crippen molar-refractivity contribution < 1.29 is 28.7 Å². The highest BCUT2D eigenvalue weighted by molar-refractivity contribution is 5.99. The van der Waals surface area contributed by atoms with Gasteiger partial charge in [0.05, 0.1) is 19.6 Å². The molecule has 0 spiro atoms. The van der Waals surface area contributed by atoms with Crippen molar-refractivity contribution >= 4 is 29.6 Å². The number of esters is 1. The number of nitrogens with one attached hydrogen (secondary N) is 1. The van der Waals surface area contributed by atoms with Crippen molar-refractivity contribution in [2.24, 2.45) is 0 Å². The van der Waals surface area contributed by atoms with E-state index in [0.29, 0.717) is 51.3 Å². The number of ether oxygens (including phenoxy) is 2. The minimum absolute atomic E-state index is 0.0652. The highest BCUT2D eigenvalue weighted by atomic mass is 16.6. The summed E-state index contributed by atoms with van der Waals surface area (Å²) in [6.45, 7) is 12.0. The zero-order valence-corrected chi connectivity index (χ0v) is 22.0. The molecule has 1 aromatic rings. The average Bonchev–Trinajstić information content (AvgIpc) is 2.79. The number of amides is 3. The van der Waals surface area contributed by atoms with Crippen LogP contribution in [0.2, 0.25) is 0 Å². The molecule has 10 nitrogen and oxygen atoms in total. The molecule has 0 unspecified atom stereocenters. The molecule has 2 aliphatic heterocycles. The number of anilines is 1. The lowest BCUT2D eigenvalue weighted by Crippen LogP contribution is -2.50. The summed E-state index contributed by atoms with van der Waals surface area (Å²) in [5, 5.41) is 2.77. The first-order valence-corrected chi connectivity index (χ1v) is 12.6. The molecule has 0 aromatic heterocycles. The Hall–Kier alpha value is -3.30. The predicted molar refractivity (Wildman–Crippen MR) is 135 cm³/mol. The maximum Gasteiger partial charge on any atom is 0.410 e. The van der Waals surface area contributed by atoms with Crippen LogP contribution < -0.4 is 10.2 Å². The maximum absolute atomic E-state index is 13.2. The van der Waals surface area contributed by atoms with E-state index in [4.69, 9.17) is 9.47 Å². The molecule has 2 heterocycles. The molecule has 2 aliphatic rings. The van der Waals surface area contributed by atoms with Crippen LogP contribution >= 0.6 is 0 Å². The van der Waals surface area contributed by atoms with E-state index in [2.05, 4.69) is 10.2 Å². The second kappa shape index (κ2) is 11.6. The van der Waals surface area contributed by atoms with Crippen molar-refractivity contribution in [3.8, 4) is 0 Å². The number of hydrogen-bond acceptors (Lipinski definition) is 7. The van der Waals surface area contributed by atoms with Crippen molar-refractivity contribution in [3.05, 3.63) is 29.3 Å². The standard InChI is InChI=1S/C26H38N4O6/c1-6-35-23(32)15-18(2)27-22(31)17-30-10-9-19-7-8-20(16-21(19)24(30)33)28-11-13-29(14-12-28)25(34)36-26(3,4)5/h7-8,16,18H,6,9-15,17H2,1-5H3,(H,27,31)/t18-/m1/s1. The van der Waals surface area contributed by atoms with Gasteiger partial charge in [-0.1, -0.05) is 6.07 Å². The third-order valence-electron chi connectivity index (χ3n) is 6.08. The summed E-state index contributed by atoms with van der Waals surface area (Å²) >= 11 is 0. The van der Waals surface area contributed by atoms with Gasteiger partial charge in [-0.3, -0.25) is 14.4 Å². The lowest BCUT2D eigenvalue weighted by molar-refractivity contribution is -0.143. The Bertz CT molecular complexity index is 981. The molecular weight excluding hydrogens is 464 g/mol. The van der Waals surface area contributed by atoms with E-state index in [1.807, 2.05) is 39.0 Å². The van der Waals surface area contributed by atoms with Gasteiger partial charge >= 0.3 is 12.1 Å². The Morgan fingerprint density at radius 3 is 2.42 bits per heavy atom. The van der Waals surface area contributed by atoms with Crippen LogP contribution in [-0.4, -0.2) is 91.2 Å². The van der Waals surface area contributed by atoms with Crippen LogP contribution in [0.15, 0.2) is 18.2 Å². The second-order valence-electron chi connectivity index (χ2n) is 10.3. The Kier molecular flexibility index (Phi) is 8.81. The summed E-state index contributed by atoms with van der Waals surface area (Å²) in [4.78, 5) is 55.0. The smallest absolute Gasteiger partial charge is 0.410 e. The predicted octanol–water partition coefficient (Wildman–Crippen LogP) is 2.20. The van der Waals surface area contributed by atoms with E-state index < -0.39 is 5.60 Å². The maximum atomic E-state index is 13.2. The van der Waals surface area contributed by atoms with Gasteiger partial charge in [0.2, 0.25) is 5.91 Å². The van der Waals surface area contributed by atoms with Crippen molar-refractivity contribution in [1.29, 1.82) is 0 Å². The van der Waals surface area contributed by atoms with Crippen molar-refractivity contribution in [2.45, 2.75) is 59.1 Å². The Labute approximate surface area is 212 Å². The Morgan fingerprint density at radius 1 is 1.08 bits per heavy atom. The van der Waals surface area contributed by atoms with E-state index in [1.165, 1.54) is 0 Å². The first-order chi connectivity index (χ1) is 17.0. The van der Waals surface area contributed by atoms with Crippen LogP contribution in [0.5, 0.6) is 0 Å². The van der Waals surface area contributed by atoms with Gasteiger partial charge in [-0.05, 0) is 58.7 Å². The number of benzene rings is 1. The van der Waals surface area contributed by atoms with Crippen LogP contribution in [0.1, 0.15) is 57.0 Å². The highest BCUT2D eigenvalue weighted by Gasteiger charge is 2.29. The normalized spacial score (nSPS) is 16.8. The number of carbonyl (C=O) groups excluding carboxylic acids is 4. The van der Waals surface area contributed by atoms with Crippen LogP contribution in [-0.2, 0) is 25.5 Å². The molecule has 0 radical (unpaired) electrons. The third kappa shape index (κ3) is 7.35. The molecule has 1 aromatic carbocycles. The molecule has 3 rings (SSSR count). The zero-order valence-electron chi connectivity index (χ0n) is 22.0. The molecule has 0 aliphatic carbocycles. The van der Waals surface area contributed by atoms with E-state index in [-0.39, 0.29) is 42.9 Å². The number of nitrogens with zero attached hydrogens (tertiary/aromatic N) is 3. The van der Waals surface area contributed by atoms with Crippen molar-refractivity contribution in [2.75, 3.05) is 50.8 Å². The molecule has 36 heavy (non-hydrogen) atoms. The molecule has 1 fully saturated rings. The summed E-state index contributed by atoms with van der Waals surface area (Å²) in [5.74, 6) is -0.857. The van der Waals surface area contributed by atoms with Crippen molar-refractivity contribution in [3.63, 3.8) is 0 Å². The zero-order chi connectivity index (χ0) is 26.5. The SMILES string of the molecule is CCOC(=O)C[C@@H](C)NC(=O)CN1CCc2ccc(N3CCN(C(=O)OC(C)(C)C)CC3)cc2C1=O. The second-order valence-corrected chi connectivity index (χ2v) is 10.3. The quantitative estimate of drug-likeness (QED) is 0.570. The Morgan fingerprint density at radius 2 is 1.78 bits per heavy atom. The first kappa shape index (κ1) is 27.3. The van der Waals surface area contributed by atoms with E-state index in [9.17, 15) is 19.2 Å². The fraction of sp³-hybridized carbons (Fsp3) is 0.615. The van der Waals surface area contributed by atoms with Crippen LogP contribution in [0, 0.1) is 0 Å². The van der Waals surface area contributed by atoms with E-state index in [0.717, 1.165) is 11.3 Å². The molecule has 3 amide bonds. The number of rotatable bonds is 7. The van der Waals surface area contributed by atoms with Crippen molar-refractivity contribution in [1.82, 2.24) is 15.1 Å². The number of hydrogen-bond donors (Lipinski definition) is 1. The van der Waals surface area contributed by atoms with Gasteiger partial charge in [0, 0.05) is 50.0 Å². The molecule has 198 valence electrons. The fourth-order valence-corrected chi connectivity index (χ4v) is 4.34. The van der Waals surface area contributed by atoms with E-state index in [1.54, 1.807) is 23.6 Å². The number of fused-ring (bicyclic) bond motifs is 1. The number of piperazine rings is 1. The summed E-state index contributed by atoms with van der Waals surface area (Å²) < 4.78 is 10.4. The van der Waals surface area contributed by atoms with Gasteiger partial charge in [0.15, 0.2) is 0 Å². The Balaban J connectivity index is 1.57. The highest BCUT2D eigenvalue weighted by Crippen LogP contribution is 2.26. The largest absolute Gasteiger partial charge is 0.466 e. The van der Waals surface area contributed by atoms with Crippen LogP contribution in [0.3, 0.4) is 0 Å². The van der Waals surface area contributed by atoms with Crippen LogP contribution in [0.25, 0.3) is 0 Å². The molecule has 1 atom stereocenters. The monoisotopic (exact) mass is 502 g/mol. The average molecular weight is 503 g/mol. The van der Waals surface area contributed by atoms with Gasteiger partial charge in [-0.25, -0.2) is 4.79 Å². The minimum Gasteiger partial charge on any atom is -0.466 e. The minimum atomic E-state index is -0.533. The summed E-state index contributed by atoms with van der Waals surface area (Å²) in [6.07, 6.45) is 0.439. The molecule has 0 bridgehead atoms. The third-order valence-corrected chi connectivity index (χ3v) is 6.08. The van der Waals surface area contributed by atoms with Crippen LogP contribution in [0.4, 0.5) is 10.5 Å². The molecule has 1 N–H and O–H groups in total. The van der Waals surface area contributed by atoms with Gasteiger partial charge < -0.3 is 29.5 Å². The first-order valence-electron chi connectivity index (χ1n) is 12.6. The van der Waals surface area contributed by atoms with Gasteiger partial charge in [-0.15, -0.1) is 0 Å². The fourth-order valence-electron chi connectivity index (χ4n) is 4.34. The van der Waals surface area contributed by atoms with E-state index >= 15 is 0 Å². The number of carbonyl (C=O) groups is 4. The molecule has 1 saturated heterocycles. The summed E-state index contributed by atoms with van der Waals surface area (Å²) in [7, 11) is 0.